The summed E-state index contributed by atoms with van der Waals surface area (Å²) in [6.07, 6.45) is 0.349. The lowest BCUT2D eigenvalue weighted by Crippen LogP contribution is -2.17. The first-order chi connectivity index (χ1) is 8.79. The fraction of sp³-hybridized carbons (Fsp3) is 0.462. The molecule has 0 saturated heterocycles. The first-order valence-electron chi connectivity index (χ1n) is 6.07. The van der Waals surface area contributed by atoms with Crippen LogP contribution in [0.25, 0.3) is 0 Å². The van der Waals surface area contributed by atoms with Gasteiger partial charge in [0.15, 0.2) is 11.5 Å². The topological polar surface area (TPSA) is 56.8 Å². The van der Waals surface area contributed by atoms with Crippen molar-refractivity contribution in [1.29, 1.82) is 0 Å². The van der Waals surface area contributed by atoms with Gasteiger partial charge >= 0.3 is 0 Å². The predicted octanol–water partition coefficient (Wildman–Crippen LogP) is 1.82. The van der Waals surface area contributed by atoms with E-state index in [0.717, 1.165) is 0 Å². The number of benzene rings is 1. The van der Waals surface area contributed by atoms with Crippen molar-refractivity contribution in [3.8, 4) is 11.5 Å². The number of anilines is 1. The normalized spacial score (nSPS) is 13.2. The van der Waals surface area contributed by atoms with Crippen molar-refractivity contribution in [2.45, 2.75) is 13.3 Å². The van der Waals surface area contributed by atoms with Crippen molar-refractivity contribution in [1.82, 2.24) is 0 Å². The van der Waals surface area contributed by atoms with Crippen LogP contribution in [0.1, 0.15) is 13.3 Å². The highest BCUT2D eigenvalue weighted by atomic mass is 16.6. The van der Waals surface area contributed by atoms with Gasteiger partial charge < -0.3 is 19.5 Å². The van der Waals surface area contributed by atoms with Gasteiger partial charge in [-0.15, -0.1) is 0 Å². The molecule has 5 heteroatoms. The molecule has 1 amide bonds. The summed E-state index contributed by atoms with van der Waals surface area (Å²) in [5.41, 5.74) is 0.709. The number of hydrogen-bond acceptors (Lipinski definition) is 4. The van der Waals surface area contributed by atoms with Crippen LogP contribution in [0.2, 0.25) is 0 Å². The van der Waals surface area contributed by atoms with E-state index in [1.165, 1.54) is 0 Å². The zero-order chi connectivity index (χ0) is 12.8. The standard InChI is InChI=1S/C13H17NO4/c1-2-16-6-5-13(15)14-10-3-4-11-12(9-10)18-8-7-17-11/h3-4,9H,2,5-8H2,1H3,(H,14,15). The van der Waals surface area contributed by atoms with Crippen LogP contribution in [0.15, 0.2) is 18.2 Å². The van der Waals surface area contributed by atoms with Crippen molar-refractivity contribution in [2.75, 3.05) is 31.7 Å². The Hall–Kier alpha value is -1.75. The molecule has 1 aromatic rings. The lowest BCUT2D eigenvalue weighted by Gasteiger charge is -2.19. The molecule has 0 aromatic heterocycles. The minimum absolute atomic E-state index is 0.0693. The number of hydrogen-bond donors (Lipinski definition) is 1. The number of amides is 1. The molecule has 5 nitrogen and oxygen atoms in total. The molecule has 1 heterocycles. The van der Waals surface area contributed by atoms with E-state index in [9.17, 15) is 4.79 Å². The van der Waals surface area contributed by atoms with Crippen molar-refractivity contribution < 1.29 is 19.0 Å². The molecule has 1 aliphatic rings. The molecule has 18 heavy (non-hydrogen) atoms. The zero-order valence-corrected chi connectivity index (χ0v) is 10.4. The predicted molar refractivity (Wildman–Crippen MR) is 67.2 cm³/mol. The van der Waals surface area contributed by atoms with E-state index in [0.29, 0.717) is 50.0 Å². The first kappa shape index (κ1) is 12.7. The lowest BCUT2D eigenvalue weighted by molar-refractivity contribution is -0.117. The lowest BCUT2D eigenvalue weighted by atomic mass is 10.2. The maximum absolute atomic E-state index is 11.6. The molecule has 0 aliphatic carbocycles. The Kier molecular flexibility index (Phi) is 4.41. The number of ether oxygens (including phenoxy) is 3. The summed E-state index contributed by atoms with van der Waals surface area (Å²) < 4.78 is 16.0. The largest absolute Gasteiger partial charge is 0.486 e. The number of carbonyl (C=O) groups excluding carboxylic acids is 1. The van der Waals surface area contributed by atoms with Gasteiger partial charge in [-0.3, -0.25) is 4.79 Å². The molecule has 0 unspecified atom stereocenters. The van der Waals surface area contributed by atoms with E-state index in [1.54, 1.807) is 18.2 Å². The third kappa shape index (κ3) is 3.37. The Morgan fingerprint density at radius 1 is 1.33 bits per heavy atom. The second-order valence-electron chi connectivity index (χ2n) is 3.85. The Morgan fingerprint density at radius 3 is 2.89 bits per heavy atom. The fourth-order valence-electron chi connectivity index (χ4n) is 1.65. The van der Waals surface area contributed by atoms with Gasteiger partial charge in [-0.25, -0.2) is 0 Å². The van der Waals surface area contributed by atoms with Crippen LogP contribution in [0.4, 0.5) is 5.69 Å². The molecule has 0 atom stereocenters. The molecule has 2 rings (SSSR count). The molecule has 0 radical (unpaired) electrons. The highest BCUT2D eigenvalue weighted by molar-refractivity contribution is 5.91. The molecule has 1 N–H and O–H groups in total. The number of rotatable bonds is 5. The molecule has 0 saturated carbocycles. The second-order valence-corrected chi connectivity index (χ2v) is 3.85. The fourth-order valence-corrected chi connectivity index (χ4v) is 1.65. The van der Waals surface area contributed by atoms with Gasteiger partial charge in [-0.05, 0) is 19.1 Å². The third-order valence-corrected chi connectivity index (χ3v) is 2.50. The zero-order valence-electron chi connectivity index (χ0n) is 10.4. The van der Waals surface area contributed by atoms with Gasteiger partial charge in [0.2, 0.25) is 5.91 Å². The Morgan fingerprint density at radius 2 is 2.11 bits per heavy atom. The van der Waals surface area contributed by atoms with Gasteiger partial charge in [0, 0.05) is 18.4 Å². The van der Waals surface area contributed by atoms with Crippen molar-refractivity contribution in [2.24, 2.45) is 0 Å². The smallest absolute Gasteiger partial charge is 0.226 e. The average molecular weight is 251 g/mol. The SMILES string of the molecule is CCOCCC(=O)Nc1ccc2c(c1)OCCO2. The van der Waals surface area contributed by atoms with Crippen LogP contribution < -0.4 is 14.8 Å². The summed E-state index contributed by atoms with van der Waals surface area (Å²) in [5, 5.41) is 2.80. The van der Waals surface area contributed by atoms with E-state index >= 15 is 0 Å². The summed E-state index contributed by atoms with van der Waals surface area (Å²) in [6, 6.07) is 5.37. The van der Waals surface area contributed by atoms with E-state index in [1.807, 2.05) is 6.92 Å². The van der Waals surface area contributed by atoms with Crippen LogP contribution in [-0.2, 0) is 9.53 Å². The summed E-state index contributed by atoms with van der Waals surface area (Å²) in [7, 11) is 0. The van der Waals surface area contributed by atoms with Gasteiger partial charge in [0.05, 0.1) is 13.0 Å². The molecule has 98 valence electrons. The molecule has 1 aromatic carbocycles. The quantitative estimate of drug-likeness (QED) is 0.811. The molecule has 0 spiro atoms. The van der Waals surface area contributed by atoms with Crippen LogP contribution in [0.5, 0.6) is 11.5 Å². The molecule has 0 bridgehead atoms. The van der Waals surface area contributed by atoms with Crippen molar-refractivity contribution in [3.05, 3.63) is 18.2 Å². The third-order valence-electron chi connectivity index (χ3n) is 2.50. The van der Waals surface area contributed by atoms with Gasteiger partial charge in [0.25, 0.3) is 0 Å². The maximum Gasteiger partial charge on any atom is 0.226 e. The minimum atomic E-state index is -0.0693. The van der Waals surface area contributed by atoms with E-state index in [4.69, 9.17) is 14.2 Å². The molecule has 0 fully saturated rings. The van der Waals surface area contributed by atoms with Gasteiger partial charge in [0.1, 0.15) is 13.2 Å². The highest BCUT2D eigenvalue weighted by Gasteiger charge is 2.12. The van der Waals surface area contributed by atoms with Gasteiger partial charge in [-0.2, -0.15) is 0 Å². The van der Waals surface area contributed by atoms with E-state index in [2.05, 4.69) is 5.32 Å². The number of fused-ring (bicyclic) bond motifs is 1. The van der Waals surface area contributed by atoms with Crippen LogP contribution in [0.3, 0.4) is 0 Å². The van der Waals surface area contributed by atoms with Crippen LogP contribution in [0, 0.1) is 0 Å². The van der Waals surface area contributed by atoms with Crippen LogP contribution in [-0.4, -0.2) is 32.3 Å². The monoisotopic (exact) mass is 251 g/mol. The minimum Gasteiger partial charge on any atom is -0.486 e. The number of carbonyl (C=O) groups is 1. The molecular formula is C13H17NO4. The molecule has 1 aliphatic heterocycles. The molecular weight excluding hydrogens is 234 g/mol. The second kappa shape index (κ2) is 6.26. The summed E-state index contributed by atoms with van der Waals surface area (Å²) in [5.74, 6) is 1.32. The Bertz CT molecular complexity index is 419. The Balaban J connectivity index is 1.91. The van der Waals surface area contributed by atoms with E-state index in [-0.39, 0.29) is 5.91 Å². The van der Waals surface area contributed by atoms with Crippen LogP contribution >= 0.6 is 0 Å². The average Bonchev–Trinajstić information content (AvgIpc) is 2.39. The summed E-state index contributed by atoms with van der Waals surface area (Å²) in [6.45, 7) is 4.06. The Labute approximate surface area is 106 Å². The van der Waals surface area contributed by atoms with Gasteiger partial charge in [-0.1, -0.05) is 0 Å². The maximum atomic E-state index is 11.6. The number of nitrogens with one attached hydrogen (secondary N) is 1. The summed E-state index contributed by atoms with van der Waals surface area (Å²) >= 11 is 0. The highest BCUT2D eigenvalue weighted by Crippen LogP contribution is 2.32. The van der Waals surface area contributed by atoms with Crippen molar-refractivity contribution >= 4 is 11.6 Å². The van der Waals surface area contributed by atoms with Crippen molar-refractivity contribution in [3.63, 3.8) is 0 Å². The summed E-state index contributed by atoms with van der Waals surface area (Å²) in [4.78, 5) is 11.6. The van der Waals surface area contributed by atoms with E-state index < -0.39 is 0 Å². The first-order valence-corrected chi connectivity index (χ1v) is 6.07.